The van der Waals surface area contributed by atoms with Crippen LogP contribution in [-0.2, 0) is 0 Å². The SMILES string of the molecule is O=C(NCC1(CBr)CCCC1)c1ccc(F)c(Br)c1. The molecule has 0 aromatic heterocycles. The summed E-state index contributed by atoms with van der Waals surface area (Å²) in [5.74, 6) is -0.503. The maximum absolute atomic E-state index is 13.1. The van der Waals surface area contributed by atoms with Gasteiger partial charge in [-0.2, -0.15) is 0 Å². The monoisotopic (exact) mass is 391 g/mol. The Balaban J connectivity index is 1.99. The molecule has 1 saturated carbocycles. The Labute approximate surface area is 129 Å². The third kappa shape index (κ3) is 3.57. The van der Waals surface area contributed by atoms with Gasteiger partial charge >= 0.3 is 0 Å². The topological polar surface area (TPSA) is 29.1 Å². The van der Waals surface area contributed by atoms with Crippen molar-refractivity contribution in [1.29, 1.82) is 0 Å². The fourth-order valence-electron chi connectivity index (χ4n) is 2.49. The molecular weight excluding hydrogens is 377 g/mol. The minimum atomic E-state index is -0.357. The van der Waals surface area contributed by atoms with Crippen molar-refractivity contribution in [3.63, 3.8) is 0 Å². The molecule has 19 heavy (non-hydrogen) atoms. The molecule has 1 aromatic rings. The van der Waals surface area contributed by atoms with E-state index in [4.69, 9.17) is 0 Å². The van der Waals surface area contributed by atoms with E-state index in [0.29, 0.717) is 16.6 Å². The maximum atomic E-state index is 13.1. The van der Waals surface area contributed by atoms with Crippen molar-refractivity contribution in [2.24, 2.45) is 5.41 Å². The third-order valence-corrected chi connectivity index (χ3v) is 5.55. The van der Waals surface area contributed by atoms with E-state index >= 15 is 0 Å². The summed E-state index contributed by atoms with van der Waals surface area (Å²) in [5.41, 5.74) is 0.670. The van der Waals surface area contributed by atoms with E-state index in [-0.39, 0.29) is 17.1 Å². The van der Waals surface area contributed by atoms with Crippen LogP contribution in [0.4, 0.5) is 4.39 Å². The van der Waals surface area contributed by atoms with Crippen molar-refractivity contribution >= 4 is 37.8 Å². The van der Waals surface area contributed by atoms with E-state index in [2.05, 4.69) is 37.2 Å². The quantitative estimate of drug-likeness (QED) is 0.761. The van der Waals surface area contributed by atoms with Gasteiger partial charge in [-0.05, 0) is 52.4 Å². The average molecular weight is 393 g/mol. The number of carbonyl (C=O) groups is 1. The number of halogens is 3. The highest BCUT2D eigenvalue weighted by atomic mass is 79.9. The largest absolute Gasteiger partial charge is 0.351 e. The molecule has 0 saturated heterocycles. The van der Waals surface area contributed by atoms with Crippen molar-refractivity contribution in [3.8, 4) is 0 Å². The summed E-state index contributed by atoms with van der Waals surface area (Å²) < 4.78 is 13.4. The van der Waals surface area contributed by atoms with Crippen LogP contribution in [0.25, 0.3) is 0 Å². The first kappa shape index (κ1) is 15.0. The van der Waals surface area contributed by atoms with Crippen molar-refractivity contribution in [1.82, 2.24) is 5.32 Å². The second-order valence-electron chi connectivity index (χ2n) is 5.15. The molecule has 0 spiro atoms. The van der Waals surface area contributed by atoms with Crippen LogP contribution >= 0.6 is 31.9 Å². The molecule has 0 radical (unpaired) electrons. The van der Waals surface area contributed by atoms with Gasteiger partial charge in [-0.15, -0.1) is 0 Å². The van der Waals surface area contributed by atoms with Crippen molar-refractivity contribution < 1.29 is 9.18 Å². The number of nitrogens with one attached hydrogen (secondary N) is 1. The second-order valence-corrected chi connectivity index (χ2v) is 6.57. The van der Waals surface area contributed by atoms with Crippen LogP contribution in [0.2, 0.25) is 0 Å². The number of amides is 1. The van der Waals surface area contributed by atoms with E-state index < -0.39 is 0 Å². The predicted octanol–water partition coefficient (Wildman–Crippen LogP) is 4.27. The molecule has 0 atom stereocenters. The summed E-state index contributed by atoms with van der Waals surface area (Å²) in [6, 6.07) is 4.32. The lowest BCUT2D eigenvalue weighted by Crippen LogP contribution is -2.37. The summed E-state index contributed by atoms with van der Waals surface area (Å²) in [6.07, 6.45) is 4.74. The zero-order valence-corrected chi connectivity index (χ0v) is 13.7. The van der Waals surface area contributed by atoms with Crippen molar-refractivity contribution in [2.45, 2.75) is 25.7 Å². The normalized spacial score (nSPS) is 17.4. The zero-order chi connectivity index (χ0) is 13.9. The Morgan fingerprint density at radius 3 is 2.63 bits per heavy atom. The molecular formula is C14H16Br2FNO. The highest BCUT2D eigenvalue weighted by Gasteiger charge is 2.33. The molecule has 0 aliphatic heterocycles. The van der Waals surface area contributed by atoms with Gasteiger partial charge in [-0.1, -0.05) is 28.8 Å². The molecule has 1 amide bonds. The standard InChI is InChI=1S/C14H16Br2FNO/c15-8-14(5-1-2-6-14)9-18-13(19)10-3-4-12(17)11(16)7-10/h3-4,7H,1-2,5-6,8-9H2,(H,18,19). The molecule has 2 rings (SSSR count). The van der Waals surface area contributed by atoms with E-state index in [0.717, 1.165) is 18.2 Å². The van der Waals surface area contributed by atoms with Gasteiger partial charge in [0.1, 0.15) is 5.82 Å². The minimum Gasteiger partial charge on any atom is -0.351 e. The van der Waals surface area contributed by atoms with Crippen LogP contribution in [0.1, 0.15) is 36.0 Å². The van der Waals surface area contributed by atoms with E-state index in [1.165, 1.54) is 31.0 Å². The van der Waals surface area contributed by atoms with Gasteiger partial charge in [0, 0.05) is 17.4 Å². The molecule has 0 unspecified atom stereocenters. The van der Waals surface area contributed by atoms with E-state index in [1.54, 1.807) is 0 Å². The molecule has 0 bridgehead atoms. The van der Waals surface area contributed by atoms with E-state index in [9.17, 15) is 9.18 Å². The van der Waals surface area contributed by atoms with Crippen LogP contribution in [0.3, 0.4) is 0 Å². The highest BCUT2D eigenvalue weighted by molar-refractivity contribution is 9.10. The molecule has 1 N–H and O–H groups in total. The van der Waals surface area contributed by atoms with Crippen LogP contribution in [0.15, 0.2) is 22.7 Å². The summed E-state index contributed by atoms with van der Waals surface area (Å²) in [4.78, 5) is 12.1. The van der Waals surface area contributed by atoms with Gasteiger partial charge in [-0.25, -0.2) is 4.39 Å². The van der Waals surface area contributed by atoms with Gasteiger partial charge in [0.2, 0.25) is 0 Å². The van der Waals surface area contributed by atoms with Crippen molar-refractivity contribution in [3.05, 3.63) is 34.1 Å². The summed E-state index contributed by atoms with van der Waals surface area (Å²) in [6.45, 7) is 0.673. The Bertz CT molecular complexity index is 473. The lowest BCUT2D eigenvalue weighted by molar-refractivity contribution is 0.0935. The third-order valence-electron chi connectivity index (χ3n) is 3.75. The molecule has 104 valence electrons. The summed E-state index contributed by atoms with van der Waals surface area (Å²) >= 11 is 6.65. The van der Waals surface area contributed by atoms with Gasteiger partial charge in [-0.3, -0.25) is 4.79 Å². The highest BCUT2D eigenvalue weighted by Crippen LogP contribution is 2.39. The summed E-state index contributed by atoms with van der Waals surface area (Å²) in [7, 11) is 0. The maximum Gasteiger partial charge on any atom is 0.251 e. The number of benzene rings is 1. The number of hydrogen-bond acceptors (Lipinski definition) is 1. The van der Waals surface area contributed by atoms with Gasteiger partial charge in [0.25, 0.3) is 5.91 Å². The van der Waals surface area contributed by atoms with E-state index in [1.807, 2.05) is 0 Å². The Morgan fingerprint density at radius 1 is 1.37 bits per heavy atom. The fourth-order valence-corrected chi connectivity index (χ4v) is 3.63. The predicted molar refractivity (Wildman–Crippen MR) is 81.1 cm³/mol. The Kier molecular flexibility index (Phi) is 5.01. The average Bonchev–Trinajstić information content (AvgIpc) is 2.89. The summed E-state index contributed by atoms with van der Waals surface area (Å²) in [5, 5.41) is 3.88. The first-order chi connectivity index (χ1) is 9.06. The molecule has 0 heterocycles. The smallest absolute Gasteiger partial charge is 0.251 e. The van der Waals surface area contributed by atoms with Crippen LogP contribution in [0, 0.1) is 11.2 Å². The molecule has 1 aromatic carbocycles. The lowest BCUT2D eigenvalue weighted by atomic mass is 9.89. The molecule has 1 aliphatic carbocycles. The van der Waals surface area contributed by atoms with Gasteiger partial charge < -0.3 is 5.32 Å². The first-order valence-corrected chi connectivity index (χ1v) is 8.27. The van der Waals surface area contributed by atoms with Crippen LogP contribution < -0.4 is 5.32 Å². The van der Waals surface area contributed by atoms with Crippen LogP contribution in [-0.4, -0.2) is 17.8 Å². The van der Waals surface area contributed by atoms with Crippen molar-refractivity contribution in [2.75, 3.05) is 11.9 Å². The van der Waals surface area contributed by atoms with Gasteiger partial charge in [0.05, 0.1) is 4.47 Å². The molecule has 1 fully saturated rings. The fraction of sp³-hybridized carbons (Fsp3) is 0.500. The van der Waals surface area contributed by atoms with Crippen LogP contribution in [0.5, 0.6) is 0 Å². The number of alkyl halides is 1. The van der Waals surface area contributed by atoms with Gasteiger partial charge in [0.15, 0.2) is 0 Å². The molecule has 5 heteroatoms. The second kappa shape index (κ2) is 6.35. The molecule has 1 aliphatic rings. The number of hydrogen-bond donors (Lipinski definition) is 1. The first-order valence-electron chi connectivity index (χ1n) is 6.36. The lowest BCUT2D eigenvalue weighted by Gasteiger charge is -2.26. The minimum absolute atomic E-state index is 0.145. The number of carbonyl (C=O) groups excluding carboxylic acids is 1. The number of rotatable bonds is 4. The Morgan fingerprint density at radius 2 is 2.05 bits per heavy atom. The molecule has 2 nitrogen and oxygen atoms in total. The Hall–Kier alpha value is -0.420. The zero-order valence-electron chi connectivity index (χ0n) is 10.5.